The molecule has 4 rings (SSSR count). The van der Waals surface area contributed by atoms with Crippen LogP contribution in [0.5, 0.6) is 0 Å². The fourth-order valence-corrected chi connectivity index (χ4v) is 5.18. The second kappa shape index (κ2) is 10.2. The Morgan fingerprint density at radius 3 is 2.52 bits per heavy atom. The summed E-state index contributed by atoms with van der Waals surface area (Å²) < 4.78 is 0.264. The lowest BCUT2D eigenvalue weighted by Crippen LogP contribution is -2.40. The minimum atomic E-state index is 0.151. The molecular weight excluding hydrogens is 404 g/mol. The SMILES string of the molecule is CN=C(NCc1cccc(C(=O)N2CCCCC2)c1)NCC1(Sc2ccccc2)CC1. The summed E-state index contributed by atoms with van der Waals surface area (Å²) in [4.78, 5) is 20.5. The first kappa shape index (κ1) is 21.8. The van der Waals surface area contributed by atoms with Crippen LogP contribution in [0.2, 0.25) is 0 Å². The highest BCUT2D eigenvalue weighted by atomic mass is 32.2. The standard InChI is InChI=1S/C25H32N4OS/c1-26-24(28-19-25(13-14-25)31-22-11-4-2-5-12-22)27-18-20-9-8-10-21(17-20)23(30)29-15-6-3-7-16-29/h2,4-5,8-12,17H,3,6-7,13-16,18-19H2,1H3,(H2,26,27,28). The Kier molecular flexibility index (Phi) is 7.17. The van der Waals surface area contributed by atoms with Gasteiger partial charge in [0.15, 0.2) is 5.96 Å². The maximum Gasteiger partial charge on any atom is 0.253 e. The summed E-state index contributed by atoms with van der Waals surface area (Å²) in [5, 5.41) is 6.90. The molecule has 2 fully saturated rings. The van der Waals surface area contributed by atoms with Crippen LogP contribution in [-0.2, 0) is 6.54 Å². The van der Waals surface area contributed by atoms with Gasteiger partial charge in [-0.1, -0.05) is 30.3 Å². The van der Waals surface area contributed by atoms with Gasteiger partial charge in [-0.05, 0) is 61.9 Å². The lowest BCUT2D eigenvalue weighted by atomic mass is 10.1. The normalized spacial score (nSPS) is 17.8. The van der Waals surface area contributed by atoms with Gasteiger partial charge in [0.1, 0.15) is 0 Å². The van der Waals surface area contributed by atoms with E-state index in [1.807, 2.05) is 34.9 Å². The third kappa shape index (κ3) is 6.03. The van der Waals surface area contributed by atoms with E-state index in [2.05, 4.69) is 52.0 Å². The molecule has 2 aromatic rings. The first-order valence-electron chi connectivity index (χ1n) is 11.2. The molecular formula is C25H32N4OS. The number of thioether (sulfide) groups is 1. The molecule has 0 bridgehead atoms. The fourth-order valence-electron chi connectivity index (χ4n) is 3.94. The maximum absolute atomic E-state index is 12.8. The zero-order chi connectivity index (χ0) is 21.5. The van der Waals surface area contributed by atoms with Crippen molar-refractivity contribution in [1.29, 1.82) is 0 Å². The van der Waals surface area contributed by atoms with Crippen molar-refractivity contribution in [2.24, 2.45) is 4.99 Å². The number of nitrogens with one attached hydrogen (secondary N) is 2. The van der Waals surface area contributed by atoms with Gasteiger partial charge in [-0.2, -0.15) is 0 Å². The number of hydrogen-bond acceptors (Lipinski definition) is 3. The van der Waals surface area contributed by atoms with Gasteiger partial charge in [0, 0.05) is 48.4 Å². The number of guanidine groups is 1. The predicted molar refractivity (Wildman–Crippen MR) is 129 cm³/mol. The average Bonchev–Trinajstić information content (AvgIpc) is 3.59. The summed E-state index contributed by atoms with van der Waals surface area (Å²) in [5.41, 5.74) is 1.87. The van der Waals surface area contributed by atoms with Crippen LogP contribution in [-0.4, -0.2) is 48.2 Å². The monoisotopic (exact) mass is 436 g/mol. The quantitative estimate of drug-likeness (QED) is 0.502. The lowest BCUT2D eigenvalue weighted by molar-refractivity contribution is 0.0724. The van der Waals surface area contributed by atoms with E-state index in [-0.39, 0.29) is 10.7 Å². The van der Waals surface area contributed by atoms with E-state index in [0.717, 1.165) is 49.6 Å². The number of carbonyl (C=O) groups excluding carboxylic acids is 1. The number of aliphatic imine (C=N–C) groups is 1. The van der Waals surface area contributed by atoms with Crippen molar-refractivity contribution < 1.29 is 4.79 Å². The summed E-state index contributed by atoms with van der Waals surface area (Å²) in [6.45, 7) is 3.28. The van der Waals surface area contributed by atoms with Gasteiger partial charge in [-0.25, -0.2) is 0 Å². The Labute approximate surface area is 189 Å². The topological polar surface area (TPSA) is 56.7 Å². The Balaban J connectivity index is 1.28. The highest BCUT2D eigenvalue weighted by Gasteiger charge is 2.43. The van der Waals surface area contributed by atoms with Crippen LogP contribution in [0.1, 0.15) is 48.0 Å². The van der Waals surface area contributed by atoms with E-state index in [0.29, 0.717) is 6.54 Å². The Bertz CT molecular complexity index is 905. The molecule has 1 saturated heterocycles. The Hall–Kier alpha value is -2.47. The van der Waals surface area contributed by atoms with Gasteiger partial charge < -0.3 is 15.5 Å². The van der Waals surface area contributed by atoms with Crippen molar-refractivity contribution in [2.75, 3.05) is 26.7 Å². The number of piperidine rings is 1. The summed E-state index contributed by atoms with van der Waals surface area (Å²) >= 11 is 1.96. The van der Waals surface area contributed by atoms with Crippen LogP contribution in [0.25, 0.3) is 0 Å². The largest absolute Gasteiger partial charge is 0.355 e. The maximum atomic E-state index is 12.8. The summed E-state index contributed by atoms with van der Waals surface area (Å²) in [7, 11) is 1.80. The molecule has 5 nitrogen and oxygen atoms in total. The smallest absolute Gasteiger partial charge is 0.253 e. The number of benzene rings is 2. The molecule has 1 heterocycles. The molecule has 1 aliphatic heterocycles. The zero-order valence-electron chi connectivity index (χ0n) is 18.3. The van der Waals surface area contributed by atoms with Crippen LogP contribution in [0, 0.1) is 0 Å². The van der Waals surface area contributed by atoms with Crippen LogP contribution in [0.15, 0.2) is 64.5 Å². The molecule has 2 aliphatic rings. The second-order valence-electron chi connectivity index (χ2n) is 8.43. The van der Waals surface area contributed by atoms with Crippen LogP contribution >= 0.6 is 11.8 Å². The van der Waals surface area contributed by atoms with Crippen molar-refractivity contribution in [3.8, 4) is 0 Å². The first-order chi connectivity index (χ1) is 15.2. The van der Waals surface area contributed by atoms with Crippen molar-refractivity contribution in [3.05, 3.63) is 65.7 Å². The molecule has 164 valence electrons. The molecule has 31 heavy (non-hydrogen) atoms. The van der Waals surface area contributed by atoms with Gasteiger partial charge >= 0.3 is 0 Å². The molecule has 0 aromatic heterocycles. The van der Waals surface area contributed by atoms with Crippen molar-refractivity contribution in [3.63, 3.8) is 0 Å². The summed E-state index contributed by atoms with van der Waals surface area (Å²) in [6, 6.07) is 18.6. The molecule has 2 N–H and O–H groups in total. The molecule has 0 radical (unpaired) electrons. The third-order valence-corrected chi connectivity index (χ3v) is 7.46. The minimum Gasteiger partial charge on any atom is -0.355 e. The van der Waals surface area contributed by atoms with E-state index in [1.54, 1.807) is 7.05 Å². The predicted octanol–water partition coefficient (Wildman–Crippen LogP) is 4.30. The molecule has 1 aliphatic carbocycles. The van der Waals surface area contributed by atoms with Crippen LogP contribution in [0.3, 0.4) is 0 Å². The van der Waals surface area contributed by atoms with Crippen molar-refractivity contribution >= 4 is 23.6 Å². The first-order valence-corrected chi connectivity index (χ1v) is 12.1. The molecule has 0 unspecified atom stereocenters. The Morgan fingerprint density at radius 1 is 1.03 bits per heavy atom. The Morgan fingerprint density at radius 2 is 1.81 bits per heavy atom. The van der Waals surface area contributed by atoms with Gasteiger partial charge in [0.2, 0.25) is 0 Å². The number of hydrogen-bond donors (Lipinski definition) is 2. The van der Waals surface area contributed by atoms with E-state index in [4.69, 9.17) is 0 Å². The second-order valence-corrected chi connectivity index (χ2v) is 9.97. The molecule has 1 amide bonds. The third-order valence-electron chi connectivity index (χ3n) is 5.96. The van der Waals surface area contributed by atoms with Crippen LogP contribution < -0.4 is 10.6 Å². The van der Waals surface area contributed by atoms with Gasteiger partial charge in [0.05, 0.1) is 0 Å². The van der Waals surface area contributed by atoms with Gasteiger partial charge in [-0.3, -0.25) is 9.79 Å². The lowest BCUT2D eigenvalue weighted by Gasteiger charge is -2.26. The molecule has 0 atom stereocenters. The van der Waals surface area contributed by atoms with E-state index in [9.17, 15) is 4.79 Å². The van der Waals surface area contributed by atoms with E-state index >= 15 is 0 Å². The van der Waals surface area contributed by atoms with E-state index in [1.165, 1.54) is 24.2 Å². The molecule has 6 heteroatoms. The summed E-state index contributed by atoms with van der Waals surface area (Å²) in [6.07, 6.45) is 5.89. The molecule has 1 saturated carbocycles. The fraction of sp³-hybridized carbons (Fsp3) is 0.440. The van der Waals surface area contributed by atoms with Crippen LogP contribution in [0.4, 0.5) is 0 Å². The zero-order valence-corrected chi connectivity index (χ0v) is 19.1. The number of carbonyl (C=O) groups is 1. The number of rotatable bonds is 7. The van der Waals surface area contributed by atoms with Gasteiger partial charge in [-0.15, -0.1) is 11.8 Å². The van der Waals surface area contributed by atoms with E-state index < -0.39 is 0 Å². The van der Waals surface area contributed by atoms with Crippen molar-refractivity contribution in [2.45, 2.75) is 48.3 Å². The van der Waals surface area contributed by atoms with Gasteiger partial charge in [0.25, 0.3) is 5.91 Å². The molecule has 2 aromatic carbocycles. The summed E-state index contributed by atoms with van der Waals surface area (Å²) in [5.74, 6) is 0.949. The minimum absolute atomic E-state index is 0.151. The number of likely N-dealkylation sites (tertiary alicyclic amines) is 1. The number of amides is 1. The average molecular weight is 437 g/mol. The highest BCUT2D eigenvalue weighted by Crippen LogP contribution is 2.51. The number of nitrogens with zero attached hydrogens (tertiary/aromatic N) is 2. The van der Waals surface area contributed by atoms with Crippen molar-refractivity contribution in [1.82, 2.24) is 15.5 Å². The highest BCUT2D eigenvalue weighted by molar-refractivity contribution is 8.01. The molecule has 0 spiro atoms.